The molecule has 0 aromatic heterocycles. The number of hydrogen-bond donors (Lipinski definition) is 0. The van der Waals surface area contributed by atoms with Crippen LogP contribution in [0.5, 0.6) is 5.75 Å². The number of Topliss-reactive ketones (excluding diaryl/α,β-unsaturated/α-hetero) is 1. The number of aryl methyl sites for hydroxylation is 1. The summed E-state index contributed by atoms with van der Waals surface area (Å²) in [6, 6.07) is 6.01. The number of carbonyl (C=O) groups is 1. The smallest absolute Gasteiger partial charge is 0.146 e. The molecule has 0 radical (unpaired) electrons. The molecule has 88 valence electrons. The van der Waals surface area contributed by atoms with Crippen LogP contribution in [-0.2, 0) is 11.2 Å². The molecular weight excluding hydrogens is 268 g/mol. The van der Waals surface area contributed by atoms with Crippen LogP contribution < -0.4 is 4.74 Å². The number of alkyl halides is 1. The molecule has 0 aliphatic rings. The van der Waals surface area contributed by atoms with Gasteiger partial charge in [-0.1, -0.05) is 35.0 Å². The van der Waals surface area contributed by atoms with Gasteiger partial charge in [-0.3, -0.25) is 4.79 Å². The zero-order valence-electron chi connectivity index (χ0n) is 9.92. The van der Waals surface area contributed by atoms with E-state index in [4.69, 9.17) is 4.74 Å². The Bertz CT molecular complexity index is 374. The van der Waals surface area contributed by atoms with Crippen molar-refractivity contribution in [2.24, 2.45) is 0 Å². The van der Waals surface area contributed by atoms with Crippen LogP contribution in [0.15, 0.2) is 18.2 Å². The molecule has 0 bridgehead atoms. The van der Waals surface area contributed by atoms with Gasteiger partial charge in [-0.2, -0.15) is 0 Å². The van der Waals surface area contributed by atoms with E-state index >= 15 is 0 Å². The van der Waals surface area contributed by atoms with Crippen LogP contribution in [-0.4, -0.2) is 17.7 Å². The monoisotopic (exact) mass is 284 g/mol. The first-order chi connectivity index (χ1) is 7.58. The van der Waals surface area contributed by atoms with Crippen LogP contribution in [0.2, 0.25) is 0 Å². The topological polar surface area (TPSA) is 26.3 Å². The van der Waals surface area contributed by atoms with Crippen LogP contribution >= 0.6 is 15.9 Å². The average molecular weight is 285 g/mol. The number of rotatable bonds is 5. The van der Waals surface area contributed by atoms with Gasteiger partial charge in [0, 0.05) is 6.42 Å². The van der Waals surface area contributed by atoms with E-state index in [1.165, 1.54) is 0 Å². The third-order valence-electron chi connectivity index (χ3n) is 2.57. The standard InChI is InChI=1S/C13H17BrO2/c1-4-12(15)11(14)8-10-5-6-13(16-3)9(2)7-10/h5-7,11H,4,8H2,1-3H3. The van der Waals surface area contributed by atoms with E-state index in [1.54, 1.807) is 7.11 Å². The lowest BCUT2D eigenvalue weighted by atomic mass is 10.0. The molecule has 0 N–H and O–H groups in total. The fourth-order valence-electron chi connectivity index (χ4n) is 1.61. The fourth-order valence-corrected chi connectivity index (χ4v) is 2.31. The van der Waals surface area contributed by atoms with Crippen molar-refractivity contribution in [3.05, 3.63) is 29.3 Å². The maximum absolute atomic E-state index is 11.5. The van der Waals surface area contributed by atoms with Crippen molar-refractivity contribution in [2.75, 3.05) is 7.11 Å². The number of benzene rings is 1. The molecule has 1 aromatic rings. The molecule has 0 saturated heterocycles. The van der Waals surface area contributed by atoms with Crippen molar-refractivity contribution in [1.82, 2.24) is 0 Å². The minimum atomic E-state index is -0.0784. The quantitative estimate of drug-likeness (QED) is 0.776. The SMILES string of the molecule is CCC(=O)C(Br)Cc1ccc(OC)c(C)c1. The summed E-state index contributed by atoms with van der Waals surface area (Å²) in [5.41, 5.74) is 2.26. The molecule has 3 heteroatoms. The summed E-state index contributed by atoms with van der Waals surface area (Å²) in [6.07, 6.45) is 1.31. The Labute approximate surface area is 105 Å². The lowest BCUT2D eigenvalue weighted by Crippen LogP contribution is -2.15. The molecule has 1 aromatic carbocycles. The molecule has 1 rings (SSSR count). The normalized spacial score (nSPS) is 12.2. The first-order valence-corrected chi connectivity index (χ1v) is 6.30. The Balaban J connectivity index is 2.75. The molecule has 0 heterocycles. The molecule has 2 nitrogen and oxygen atoms in total. The molecule has 0 saturated carbocycles. The molecule has 0 spiro atoms. The fraction of sp³-hybridized carbons (Fsp3) is 0.462. The largest absolute Gasteiger partial charge is 0.496 e. The highest BCUT2D eigenvalue weighted by molar-refractivity contribution is 9.10. The summed E-state index contributed by atoms with van der Waals surface area (Å²) < 4.78 is 5.19. The van der Waals surface area contributed by atoms with Gasteiger partial charge >= 0.3 is 0 Å². The Morgan fingerprint density at radius 1 is 1.50 bits per heavy atom. The summed E-state index contributed by atoms with van der Waals surface area (Å²) >= 11 is 3.42. The van der Waals surface area contributed by atoms with E-state index in [1.807, 2.05) is 26.0 Å². The number of ketones is 1. The summed E-state index contributed by atoms with van der Waals surface area (Å²) in [5, 5.41) is 0. The van der Waals surface area contributed by atoms with Crippen LogP contribution in [0.25, 0.3) is 0 Å². The Morgan fingerprint density at radius 3 is 2.69 bits per heavy atom. The molecule has 1 unspecified atom stereocenters. The summed E-state index contributed by atoms with van der Waals surface area (Å²) in [6.45, 7) is 3.89. The second-order valence-electron chi connectivity index (χ2n) is 3.80. The molecule has 0 amide bonds. The predicted molar refractivity (Wildman–Crippen MR) is 69.4 cm³/mol. The third kappa shape index (κ3) is 3.34. The molecular formula is C13H17BrO2. The third-order valence-corrected chi connectivity index (χ3v) is 3.41. The zero-order chi connectivity index (χ0) is 12.1. The number of halogens is 1. The molecule has 0 fully saturated rings. The van der Waals surface area contributed by atoms with Crippen molar-refractivity contribution < 1.29 is 9.53 Å². The van der Waals surface area contributed by atoms with Crippen molar-refractivity contribution in [1.29, 1.82) is 0 Å². The number of methoxy groups -OCH3 is 1. The number of carbonyl (C=O) groups excluding carboxylic acids is 1. The molecule has 0 aliphatic heterocycles. The second kappa shape index (κ2) is 6.04. The Hall–Kier alpha value is -0.830. The van der Waals surface area contributed by atoms with Gasteiger partial charge in [0.25, 0.3) is 0 Å². The van der Waals surface area contributed by atoms with Gasteiger partial charge in [0.05, 0.1) is 11.9 Å². The van der Waals surface area contributed by atoms with Crippen LogP contribution in [0.1, 0.15) is 24.5 Å². The minimum Gasteiger partial charge on any atom is -0.496 e. The first kappa shape index (κ1) is 13.2. The minimum absolute atomic E-state index is 0.0784. The number of ether oxygens (including phenoxy) is 1. The van der Waals surface area contributed by atoms with Crippen LogP contribution in [0.3, 0.4) is 0 Å². The van der Waals surface area contributed by atoms with E-state index in [9.17, 15) is 4.79 Å². The summed E-state index contributed by atoms with van der Waals surface area (Å²) in [4.78, 5) is 11.4. The number of hydrogen-bond acceptors (Lipinski definition) is 2. The van der Waals surface area contributed by atoms with Gasteiger partial charge in [0.1, 0.15) is 11.5 Å². The Morgan fingerprint density at radius 2 is 2.19 bits per heavy atom. The first-order valence-electron chi connectivity index (χ1n) is 5.38. The summed E-state index contributed by atoms with van der Waals surface area (Å²) in [5.74, 6) is 1.13. The van der Waals surface area contributed by atoms with Gasteiger partial charge in [0.15, 0.2) is 0 Å². The Kier molecular flexibility index (Phi) is 5.00. The lowest BCUT2D eigenvalue weighted by molar-refractivity contribution is -0.118. The van der Waals surface area contributed by atoms with Crippen molar-refractivity contribution >= 4 is 21.7 Å². The van der Waals surface area contributed by atoms with Gasteiger partial charge in [0.2, 0.25) is 0 Å². The van der Waals surface area contributed by atoms with E-state index in [0.717, 1.165) is 23.3 Å². The highest BCUT2D eigenvalue weighted by Gasteiger charge is 2.13. The highest BCUT2D eigenvalue weighted by Crippen LogP contribution is 2.21. The second-order valence-corrected chi connectivity index (χ2v) is 4.90. The highest BCUT2D eigenvalue weighted by atomic mass is 79.9. The van der Waals surface area contributed by atoms with Crippen molar-refractivity contribution in [2.45, 2.75) is 31.5 Å². The van der Waals surface area contributed by atoms with Gasteiger partial charge in [-0.15, -0.1) is 0 Å². The molecule has 1 atom stereocenters. The van der Waals surface area contributed by atoms with E-state index in [0.29, 0.717) is 6.42 Å². The molecule has 0 aliphatic carbocycles. The summed E-state index contributed by atoms with van der Waals surface area (Å²) in [7, 11) is 1.66. The zero-order valence-corrected chi connectivity index (χ0v) is 11.5. The average Bonchev–Trinajstić information content (AvgIpc) is 2.28. The maximum Gasteiger partial charge on any atom is 0.146 e. The van der Waals surface area contributed by atoms with Gasteiger partial charge in [-0.05, 0) is 30.5 Å². The van der Waals surface area contributed by atoms with Gasteiger partial charge in [-0.25, -0.2) is 0 Å². The van der Waals surface area contributed by atoms with Crippen LogP contribution in [0.4, 0.5) is 0 Å². The van der Waals surface area contributed by atoms with E-state index in [-0.39, 0.29) is 10.6 Å². The van der Waals surface area contributed by atoms with Gasteiger partial charge < -0.3 is 4.74 Å². The van der Waals surface area contributed by atoms with Crippen LogP contribution in [0, 0.1) is 6.92 Å². The van der Waals surface area contributed by atoms with Crippen molar-refractivity contribution in [3.8, 4) is 5.75 Å². The van der Waals surface area contributed by atoms with E-state index < -0.39 is 0 Å². The lowest BCUT2D eigenvalue weighted by Gasteiger charge is -2.10. The van der Waals surface area contributed by atoms with E-state index in [2.05, 4.69) is 22.0 Å². The van der Waals surface area contributed by atoms with Crippen molar-refractivity contribution in [3.63, 3.8) is 0 Å². The predicted octanol–water partition coefficient (Wildman–Crippen LogP) is 3.29. The maximum atomic E-state index is 11.5. The molecule has 16 heavy (non-hydrogen) atoms.